The van der Waals surface area contributed by atoms with Crippen LogP contribution in [0.1, 0.15) is 40.0 Å². The fourth-order valence-electron chi connectivity index (χ4n) is 1.31. The lowest BCUT2D eigenvalue weighted by Gasteiger charge is -2.25. The van der Waals surface area contributed by atoms with Crippen molar-refractivity contribution in [3.63, 3.8) is 0 Å². The summed E-state index contributed by atoms with van der Waals surface area (Å²) in [5.74, 6) is 0. The Morgan fingerprint density at radius 2 is 1.79 bits per heavy atom. The zero-order valence-electron chi connectivity index (χ0n) is 9.75. The fourth-order valence-corrected chi connectivity index (χ4v) is 3.36. The summed E-state index contributed by atoms with van der Waals surface area (Å²) in [6, 6.07) is 0. The molecule has 0 saturated carbocycles. The van der Waals surface area contributed by atoms with Crippen LogP contribution in [0.4, 0.5) is 0 Å². The van der Waals surface area contributed by atoms with Gasteiger partial charge in [0.2, 0.25) is 7.37 Å². The summed E-state index contributed by atoms with van der Waals surface area (Å²) in [7, 11) is -2.44. The van der Waals surface area contributed by atoms with Crippen molar-refractivity contribution in [2.24, 2.45) is 0 Å². The Kier molecular flexibility index (Phi) is 5.96. The Balaban J connectivity index is 3.79. The normalized spacial score (nSPS) is 16.6. The predicted octanol–water partition coefficient (Wildman–Crippen LogP) is 2.87. The van der Waals surface area contributed by atoms with Crippen molar-refractivity contribution < 1.29 is 14.2 Å². The molecule has 4 heteroatoms. The first-order chi connectivity index (χ1) is 6.27. The summed E-state index contributed by atoms with van der Waals surface area (Å²) in [5, 5.41) is 8.58. The molecule has 0 aliphatic rings. The fraction of sp³-hybridized carbons (Fsp3) is 1.00. The van der Waals surface area contributed by atoms with Crippen LogP contribution in [0.15, 0.2) is 0 Å². The second-order valence-corrected chi connectivity index (χ2v) is 7.38. The quantitative estimate of drug-likeness (QED) is 0.555. The van der Waals surface area contributed by atoms with Gasteiger partial charge in [0.05, 0.1) is 5.60 Å². The molecule has 0 saturated heterocycles. The highest BCUT2D eigenvalue weighted by Crippen LogP contribution is 2.47. The minimum Gasteiger partial charge on any atom is -0.396 e. The van der Waals surface area contributed by atoms with Crippen LogP contribution in [0.3, 0.4) is 0 Å². The third kappa shape index (κ3) is 8.74. The van der Waals surface area contributed by atoms with Gasteiger partial charge in [0.15, 0.2) is 0 Å². The van der Waals surface area contributed by atoms with Crippen LogP contribution >= 0.6 is 7.37 Å². The molecule has 0 amide bonds. The smallest absolute Gasteiger partial charge is 0.200 e. The van der Waals surface area contributed by atoms with Gasteiger partial charge in [0, 0.05) is 19.4 Å². The first kappa shape index (κ1) is 14.2. The van der Waals surface area contributed by atoms with Crippen molar-refractivity contribution in [1.82, 2.24) is 0 Å². The van der Waals surface area contributed by atoms with Crippen molar-refractivity contribution in [2.45, 2.75) is 45.6 Å². The predicted molar refractivity (Wildman–Crippen MR) is 60.2 cm³/mol. The van der Waals surface area contributed by atoms with Crippen LogP contribution in [0.2, 0.25) is 0 Å². The zero-order valence-corrected chi connectivity index (χ0v) is 10.6. The van der Waals surface area contributed by atoms with Gasteiger partial charge in [-0.2, -0.15) is 0 Å². The van der Waals surface area contributed by atoms with Gasteiger partial charge >= 0.3 is 0 Å². The molecule has 0 fully saturated rings. The molecule has 0 aromatic carbocycles. The van der Waals surface area contributed by atoms with E-state index in [9.17, 15) is 4.57 Å². The lowest BCUT2D eigenvalue weighted by molar-refractivity contribution is 0.136. The molecule has 0 heterocycles. The summed E-state index contributed by atoms with van der Waals surface area (Å²) in [6.45, 7) is 7.65. The topological polar surface area (TPSA) is 46.5 Å². The minimum atomic E-state index is -2.44. The number of rotatable bonds is 6. The summed E-state index contributed by atoms with van der Waals surface area (Å²) < 4.78 is 17.4. The molecule has 3 nitrogen and oxygen atoms in total. The minimum absolute atomic E-state index is 0.216. The summed E-state index contributed by atoms with van der Waals surface area (Å²) in [6.07, 6.45) is 3.19. The third-order valence-electron chi connectivity index (χ3n) is 1.69. The number of unbranched alkanes of at least 4 members (excludes halogenated alkanes) is 2. The molecule has 0 aliphatic heterocycles. The SMILES string of the molecule is CC(C)(C)OP(C)(=O)CCCCCO. The number of hydrogen-bond donors (Lipinski definition) is 1. The molecule has 14 heavy (non-hydrogen) atoms. The molecule has 86 valence electrons. The van der Waals surface area contributed by atoms with Gasteiger partial charge in [-0.3, -0.25) is 4.57 Å². The van der Waals surface area contributed by atoms with E-state index >= 15 is 0 Å². The Morgan fingerprint density at radius 3 is 2.21 bits per heavy atom. The molecule has 1 unspecified atom stereocenters. The van der Waals surface area contributed by atoms with Gasteiger partial charge in [-0.15, -0.1) is 0 Å². The lowest BCUT2D eigenvalue weighted by atomic mass is 10.2. The van der Waals surface area contributed by atoms with Crippen molar-refractivity contribution in [3.8, 4) is 0 Å². The molecular weight excluding hydrogens is 199 g/mol. The standard InChI is InChI=1S/C10H23O3P/c1-10(2,3)13-14(4,12)9-7-5-6-8-11/h11H,5-9H2,1-4H3. The third-order valence-corrected chi connectivity index (χ3v) is 3.75. The molecule has 1 N–H and O–H groups in total. The second-order valence-electron chi connectivity index (χ2n) is 4.73. The summed E-state index contributed by atoms with van der Waals surface area (Å²) in [5.41, 5.74) is -0.332. The maximum atomic E-state index is 11.9. The van der Waals surface area contributed by atoms with Gasteiger partial charge < -0.3 is 9.63 Å². The van der Waals surface area contributed by atoms with Crippen LogP contribution in [-0.2, 0) is 9.09 Å². The first-order valence-corrected chi connectivity index (χ1v) is 7.41. The molecule has 1 atom stereocenters. The van der Waals surface area contributed by atoms with Crippen LogP contribution in [0.25, 0.3) is 0 Å². The van der Waals surface area contributed by atoms with E-state index in [4.69, 9.17) is 9.63 Å². The van der Waals surface area contributed by atoms with E-state index in [2.05, 4.69) is 0 Å². The molecule has 0 spiro atoms. The van der Waals surface area contributed by atoms with Crippen LogP contribution in [-0.4, -0.2) is 30.1 Å². The van der Waals surface area contributed by atoms with Crippen LogP contribution in [0.5, 0.6) is 0 Å². The van der Waals surface area contributed by atoms with Gasteiger partial charge in [-0.1, -0.05) is 6.42 Å². The van der Waals surface area contributed by atoms with E-state index in [1.165, 1.54) is 0 Å². The van der Waals surface area contributed by atoms with Crippen LogP contribution < -0.4 is 0 Å². The molecule has 0 aromatic heterocycles. The van der Waals surface area contributed by atoms with Crippen molar-refractivity contribution in [3.05, 3.63) is 0 Å². The molecule has 0 aliphatic carbocycles. The largest absolute Gasteiger partial charge is 0.396 e. The van der Waals surface area contributed by atoms with E-state index in [1.54, 1.807) is 6.66 Å². The monoisotopic (exact) mass is 222 g/mol. The highest BCUT2D eigenvalue weighted by atomic mass is 31.2. The van der Waals surface area contributed by atoms with Gasteiger partial charge in [-0.05, 0) is 33.6 Å². The molecule has 0 aromatic rings. The summed E-state index contributed by atoms with van der Waals surface area (Å²) in [4.78, 5) is 0. The maximum absolute atomic E-state index is 11.9. The first-order valence-electron chi connectivity index (χ1n) is 5.15. The van der Waals surface area contributed by atoms with Crippen molar-refractivity contribution in [2.75, 3.05) is 19.4 Å². The Morgan fingerprint density at radius 1 is 1.21 bits per heavy atom. The van der Waals surface area contributed by atoms with Crippen molar-refractivity contribution in [1.29, 1.82) is 0 Å². The molecule has 0 rings (SSSR count). The molecule has 0 bridgehead atoms. The van der Waals surface area contributed by atoms with E-state index in [0.29, 0.717) is 6.16 Å². The lowest BCUT2D eigenvalue weighted by Crippen LogP contribution is -2.18. The second kappa shape index (κ2) is 5.89. The Labute approximate surface area is 87.3 Å². The average Bonchev–Trinajstić information content (AvgIpc) is 1.93. The highest BCUT2D eigenvalue weighted by molar-refractivity contribution is 7.58. The molecular formula is C10H23O3P. The van der Waals surface area contributed by atoms with E-state index in [-0.39, 0.29) is 12.2 Å². The van der Waals surface area contributed by atoms with Crippen molar-refractivity contribution >= 4 is 7.37 Å². The van der Waals surface area contributed by atoms with Crippen LogP contribution in [0, 0.1) is 0 Å². The van der Waals surface area contributed by atoms with E-state index in [1.807, 2.05) is 20.8 Å². The maximum Gasteiger partial charge on any atom is 0.200 e. The van der Waals surface area contributed by atoms with Gasteiger partial charge in [0.25, 0.3) is 0 Å². The summed E-state index contributed by atoms with van der Waals surface area (Å²) >= 11 is 0. The Hall–Kier alpha value is 0.150. The number of aliphatic hydroxyl groups is 1. The zero-order chi connectivity index (χ0) is 11.2. The Bertz CT molecular complexity index is 196. The molecule has 0 radical (unpaired) electrons. The van der Waals surface area contributed by atoms with Gasteiger partial charge in [-0.25, -0.2) is 0 Å². The number of hydrogen-bond acceptors (Lipinski definition) is 3. The van der Waals surface area contributed by atoms with E-state index in [0.717, 1.165) is 19.3 Å². The highest BCUT2D eigenvalue weighted by Gasteiger charge is 2.23. The number of aliphatic hydroxyl groups excluding tert-OH is 1. The van der Waals surface area contributed by atoms with E-state index < -0.39 is 7.37 Å². The van der Waals surface area contributed by atoms with Gasteiger partial charge in [0.1, 0.15) is 0 Å². The average molecular weight is 222 g/mol.